The van der Waals surface area contributed by atoms with Gasteiger partial charge >= 0.3 is 0 Å². The molecule has 1 aromatic heterocycles. The fraction of sp³-hybridized carbons (Fsp3) is 0.227. The minimum Gasteiger partial charge on any atom is -0.361 e. The van der Waals surface area contributed by atoms with E-state index in [1.165, 1.54) is 16.1 Å². The molecule has 2 aromatic carbocycles. The minimum absolute atomic E-state index is 0.0337. The van der Waals surface area contributed by atoms with Crippen LogP contribution in [0, 0.1) is 0 Å². The van der Waals surface area contributed by atoms with Crippen molar-refractivity contribution in [3.05, 3.63) is 87.1 Å². The first-order valence-electron chi connectivity index (χ1n) is 9.10. The predicted molar refractivity (Wildman–Crippen MR) is 113 cm³/mol. The largest absolute Gasteiger partial charge is 0.361 e. The van der Waals surface area contributed by atoms with E-state index in [2.05, 4.69) is 52.0 Å². The molecule has 138 valence electrons. The Bertz CT molecular complexity index is 908. The van der Waals surface area contributed by atoms with Crippen molar-refractivity contribution in [2.75, 3.05) is 18.0 Å². The van der Waals surface area contributed by atoms with E-state index < -0.39 is 0 Å². The molecule has 1 aliphatic heterocycles. The zero-order valence-corrected chi connectivity index (χ0v) is 16.5. The van der Waals surface area contributed by atoms with E-state index in [1.54, 1.807) is 11.3 Å². The SMILES string of the molecule is O=C(Cc1ccc(Cl)cc1)NC[C@@H](c1cccs1)N1CCc2ccccc21. The molecule has 3 aromatic rings. The van der Waals surface area contributed by atoms with Crippen LogP contribution in [0.2, 0.25) is 5.02 Å². The third-order valence-corrected chi connectivity index (χ3v) is 6.17. The standard InChI is InChI=1S/C22H21ClN2OS/c23-18-9-7-16(8-10-18)14-22(26)24-15-20(21-6-3-13-27-21)25-12-11-17-4-1-2-5-19(17)25/h1-10,13,20H,11-12,14-15H2,(H,24,26)/t20-/m0/s1. The van der Waals surface area contributed by atoms with Crippen LogP contribution in [0.4, 0.5) is 5.69 Å². The topological polar surface area (TPSA) is 32.3 Å². The molecule has 0 saturated carbocycles. The summed E-state index contributed by atoms with van der Waals surface area (Å²) in [4.78, 5) is 16.2. The van der Waals surface area contributed by atoms with Gasteiger partial charge in [0.1, 0.15) is 0 Å². The first-order chi connectivity index (χ1) is 13.2. The van der Waals surface area contributed by atoms with E-state index in [1.807, 2.05) is 24.3 Å². The monoisotopic (exact) mass is 396 g/mol. The maximum absolute atomic E-state index is 12.5. The lowest BCUT2D eigenvalue weighted by Gasteiger charge is -2.30. The van der Waals surface area contributed by atoms with Crippen LogP contribution in [-0.2, 0) is 17.6 Å². The van der Waals surface area contributed by atoms with Gasteiger partial charge in [-0.05, 0) is 47.2 Å². The Morgan fingerprint density at radius 2 is 1.93 bits per heavy atom. The molecule has 1 amide bonds. The van der Waals surface area contributed by atoms with Gasteiger partial charge in [0, 0.05) is 28.7 Å². The first kappa shape index (κ1) is 18.1. The number of nitrogens with zero attached hydrogens (tertiary/aromatic N) is 1. The number of amides is 1. The third-order valence-electron chi connectivity index (χ3n) is 4.94. The van der Waals surface area contributed by atoms with Crippen LogP contribution in [0.1, 0.15) is 22.0 Å². The highest BCUT2D eigenvalue weighted by Crippen LogP contribution is 2.36. The average molecular weight is 397 g/mol. The van der Waals surface area contributed by atoms with E-state index in [0.717, 1.165) is 18.5 Å². The first-order valence-corrected chi connectivity index (χ1v) is 10.4. The lowest BCUT2D eigenvalue weighted by atomic mass is 10.1. The zero-order chi connectivity index (χ0) is 18.6. The Morgan fingerprint density at radius 1 is 1.11 bits per heavy atom. The number of hydrogen-bond acceptors (Lipinski definition) is 3. The fourth-order valence-corrected chi connectivity index (χ4v) is 4.56. The molecule has 1 atom stereocenters. The number of fused-ring (bicyclic) bond motifs is 1. The smallest absolute Gasteiger partial charge is 0.224 e. The molecule has 0 aliphatic carbocycles. The van der Waals surface area contributed by atoms with Crippen molar-refractivity contribution in [1.82, 2.24) is 5.32 Å². The van der Waals surface area contributed by atoms with Crippen molar-refractivity contribution in [2.45, 2.75) is 18.9 Å². The van der Waals surface area contributed by atoms with Gasteiger partial charge in [0.2, 0.25) is 5.91 Å². The lowest BCUT2D eigenvalue weighted by Crippen LogP contribution is -2.37. The molecular weight excluding hydrogens is 376 g/mol. The van der Waals surface area contributed by atoms with Crippen LogP contribution in [0.3, 0.4) is 0 Å². The van der Waals surface area contributed by atoms with Gasteiger partial charge in [-0.25, -0.2) is 0 Å². The van der Waals surface area contributed by atoms with E-state index in [0.29, 0.717) is 18.0 Å². The average Bonchev–Trinajstić information content (AvgIpc) is 3.35. The van der Waals surface area contributed by atoms with E-state index in [4.69, 9.17) is 11.6 Å². The number of carbonyl (C=O) groups is 1. The molecule has 5 heteroatoms. The van der Waals surface area contributed by atoms with Gasteiger partial charge in [0.15, 0.2) is 0 Å². The van der Waals surface area contributed by atoms with E-state index in [-0.39, 0.29) is 11.9 Å². The van der Waals surface area contributed by atoms with Crippen LogP contribution < -0.4 is 10.2 Å². The Labute approximate surface area is 168 Å². The Morgan fingerprint density at radius 3 is 2.70 bits per heavy atom. The second kappa shape index (κ2) is 8.15. The molecule has 0 fully saturated rings. The van der Waals surface area contributed by atoms with Crippen molar-refractivity contribution in [3.8, 4) is 0 Å². The maximum Gasteiger partial charge on any atom is 0.224 e. The lowest BCUT2D eigenvalue weighted by molar-refractivity contribution is -0.120. The highest BCUT2D eigenvalue weighted by molar-refractivity contribution is 7.10. The summed E-state index contributed by atoms with van der Waals surface area (Å²) in [7, 11) is 0. The Balaban J connectivity index is 1.46. The zero-order valence-electron chi connectivity index (χ0n) is 14.9. The molecule has 0 bridgehead atoms. The highest BCUT2D eigenvalue weighted by Gasteiger charge is 2.27. The molecule has 1 N–H and O–H groups in total. The van der Waals surface area contributed by atoms with Crippen LogP contribution in [0.25, 0.3) is 0 Å². The van der Waals surface area contributed by atoms with Crippen LogP contribution in [-0.4, -0.2) is 19.0 Å². The maximum atomic E-state index is 12.5. The van der Waals surface area contributed by atoms with Crippen molar-refractivity contribution < 1.29 is 4.79 Å². The molecule has 0 spiro atoms. The number of benzene rings is 2. The summed E-state index contributed by atoms with van der Waals surface area (Å²) in [6.07, 6.45) is 1.42. The minimum atomic E-state index is 0.0337. The summed E-state index contributed by atoms with van der Waals surface area (Å²) >= 11 is 7.66. The summed E-state index contributed by atoms with van der Waals surface area (Å²) in [5.41, 5.74) is 3.63. The number of anilines is 1. The summed E-state index contributed by atoms with van der Waals surface area (Å²) in [5, 5.41) is 5.92. The van der Waals surface area contributed by atoms with Gasteiger partial charge in [-0.15, -0.1) is 11.3 Å². The van der Waals surface area contributed by atoms with Gasteiger partial charge < -0.3 is 10.2 Å². The van der Waals surface area contributed by atoms with Gasteiger partial charge in [-0.1, -0.05) is 48.0 Å². The van der Waals surface area contributed by atoms with Gasteiger partial charge in [0.05, 0.1) is 12.5 Å². The highest BCUT2D eigenvalue weighted by atomic mass is 35.5. The number of carbonyl (C=O) groups excluding carboxylic acids is 1. The van der Waals surface area contributed by atoms with Crippen LogP contribution >= 0.6 is 22.9 Å². The van der Waals surface area contributed by atoms with Crippen LogP contribution in [0.15, 0.2) is 66.0 Å². The summed E-state index contributed by atoms with van der Waals surface area (Å²) in [6, 6.07) is 20.4. The molecule has 2 heterocycles. The second-order valence-corrected chi connectivity index (χ2v) is 8.13. The molecular formula is C22H21ClN2OS. The Hall–Kier alpha value is -2.30. The second-order valence-electron chi connectivity index (χ2n) is 6.71. The molecule has 27 heavy (non-hydrogen) atoms. The summed E-state index contributed by atoms with van der Waals surface area (Å²) in [6.45, 7) is 1.58. The third kappa shape index (κ3) is 4.18. The number of thiophene rings is 1. The van der Waals surface area contributed by atoms with Crippen molar-refractivity contribution in [2.24, 2.45) is 0 Å². The van der Waals surface area contributed by atoms with Gasteiger partial charge in [-0.3, -0.25) is 4.79 Å². The number of para-hydroxylation sites is 1. The van der Waals surface area contributed by atoms with Crippen molar-refractivity contribution in [1.29, 1.82) is 0 Å². The van der Waals surface area contributed by atoms with Crippen molar-refractivity contribution in [3.63, 3.8) is 0 Å². The van der Waals surface area contributed by atoms with Gasteiger partial charge in [0.25, 0.3) is 0 Å². The molecule has 3 nitrogen and oxygen atoms in total. The molecule has 0 unspecified atom stereocenters. The summed E-state index contributed by atoms with van der Waals surface area (Å²) < 4.78 is 0. The molecule has 0 saturated heterocycles. The van der Waals surface area contributed by atoms with Crippen LogP contribution in [0.5, 0.6) is 0 Å². The quantitative estimate of drug-likeness (QED) is 0.645. The van der Waals surface area contributed by atoms with Gasteiger partial charge in [-0.2, -0.15) is 0 Å². The fourth-order valence-electron chi connectivity index (χ4n) is 3.59. The number of rotatable bonds is 6. The van der Waals surface area contributed by atoms with E-state index in [9.17, 15) is 4.79 Å². The normalized spacial score (nSPS) is 14.0. The van der Waals surface area contributed by atoms with Crippen molar-refractivity contribution >= 4 is 34.5 Å². The predicted octanol–water partition coefficient (Wildman–Crippen LogP) is 4.86. The summed E-state index contributed by atoms with van der Waals surface area (Å²) in [5.74, 6) is 0.0337. The van der Waals surface area contributed by atoms with E-state index >= 15 is 0 Å². The number of nitrogens with one attached hydrogen (secondary N) is 1. The molecule has 1 aliphatic rings. The number of hydrogen-bond donors (Lipinski definition) is 1. The molecule has 4 rings (SSSR count). The molecule has 0 radical (unpaired) electrons. The Kier molecular flexibility index (Phi) is 5.46. The number of halogens is 1.